The lowest BCUT2D eigenvalue weighted by atomic mass is 9.98. The Hall–Kier alpha value is -1.93. The predicted molar refractivity (Wildman–Crippen MR) is 76.7 cm³/mol. The van der Waals surface area contributed by atoms with Crippen molar-refractivity contribution in [3.8, 4) is 0 Å². The summed E-state index contributed by atoms with van der Waals surface area (Å²) in [4.78, 5) is 12.8. The van der Waals surface area contributed by atoms with Crippen LogP contribution in [0.4, 0.5) is 37.7 Å². The molecule has 1 aromatic carbocycles. The summed E-state index contributed by atoms with van der Waals surface area (Å²) in [5.41, 5.74) is -1.44. The molecule has 0 aromatic heterocycles. The molecule has 1 heterocycles. The zero-order valence-electron chi connectivity index (χ0n) is 12.8. The summed E-state index contributed by atoms with van der Waals surface area (Å²) in [6.45, 7) is 3.03. The van der Waals surface area contributed by atoms with Crippen molar-refractivity contribution in [2.45, 2.75) is 32.1 Å². The molecule has 0 bridgehead atoms. The molecule has 1 saturated heterocycles. The Morgan fingerprint density at radius 3 is 2.21 bits per heavy atom. The molecule has 1 aliphatic heterocycles. The van der Waals surface area contributed by atoms with Gasteiger partial charge in [0.25, 0.3) is 0 Å². The lowest BCUT2D eigenvalue weighted by Crippen LogP contribution is -2.35. The average molecular weight is 354 g/mol. The van der Waals surface area contributed by atoms with Crippen molar-refractivity contribution in [3.05, 3.63) is 23.8 Å². The molecule has 1 aromatic rings. The Kier molecular flexibility index (Phi) is 5.00. The highest BCUT2D eigenvalue weighted by Gasteiger charge is 2.40. The third-order valence-corrected chi connectivity index (χ3v) is 3.95. The monoisotopic (exact) mass is 354 g/mol. The Morgan fingerprint density at radius 2 is 1.71 bits per heavy atom. The third kappa shape index (κ3) is 4.33. The number of hydrogen-bond acceptors (Lipinski definition) is 2. The van der Waals surface area contributed by atoms with E-state index in [1.54, 1.807) is 10.2 Å². The number of anilines is 2. The first-order chi connectivity index (χ1) is 11.0. The lowest BCUT2D eigenvalue weighted by Gasteiger charge is -2.33. The first kappa shape index (κ1) is 18.4. The van der Waals surface area contributed by atoms with Gasteiger partial charge in [-0.3, -0.25) is 4.79 Å². The zero-order valence-corrected chi connectivity index (χ0v) is 12.8. The van der Waals surface area contributed by atoms with Crippen LogP contribution in [0.3, 0.4) is 0 Å². The maximum absolute atomic E-state index is 12.8. The van der Waals surface area contributed by atoms with Crippen molar-refractivity contribution in [1.29, 1.82) is 0 Å². The summed E-state index contributed by atoms with van der Waals surface area (Å²) in [6.07, 6.45) is -8.35. The second-order valence-electron chi connectivity index (χ2n) is 5.85. The maximum atomic E-state index is 12.8. The quantitative estimate of drug-likeness (QED) is 0.797. The number of alkyl halides is 6. The highest BCUT2D eigenvalue weighted by Crippen LogP contribution is 2.37. The first-order valence-corrected chi connectivity index (χ1v) is 7.33. The molecule has 3 nitrogen and oxygen atoms in total. The van der Waals surface area contributed by atoms with E-state index in [2.05, 4.69) is 0 Å². The minimum atomic E-state index is -5.18. The molecule has 1 N–H and O–H groups in total. The smallest absolute Gasteiger partial charge is 0.370 e. The molecule has 0 saturated carbocycles. The van der Waals surface area contributed by atoms with Crippen LogP contribution in [0.2, 0.25) is 0 Å². The van der Waals surface area contributed by atoms with Gasteiger partial charge in [0.1, 0.15) is 0 Å². The number of benzene rings is 1. The normalized spacial score (nSPS) is 17.0. The van der Waals surface area contributed by atoms with Gasteiger partial charge in [-0.05, 0) is 37.0 Å². The molecule has 0 atom stereocenters. The van der Waals surface area contributed by atoms with Crippen LogP contribution in [0.5, 0.6) is 0 Å². The second kappa shape index (κ2) is 6.52. The van der Waals surface area contributed by atoms with E-state index in [1.165, 1.54) is 0 Å². The van der Waals surface area contributed by atoms with Gasteiger partial charge in [0, 0.05) is 13.1 Å². The Balaban J connectivity index is 2.36. The minimum absolute atomic E-state index is 0.160. The second-order valence-corrected chi connectivity index (χ2v) is 5.85. The number of nitrogens with one attached hydrogen (secondary N) is 1. The molecule has 1 fully saturated rings. The fourth-order valence-corrected chi connectivity index (χ4v) is 2.53. The van der Waals surface area contributed by atoms with Gasteiger partial charge in [-0.15, -0.1) is 0 Å². The van der Waals surface area contributed by atoms with Gasteiger partial charge < -0.3 is 10.2 Å². The number of halogens is 6. The summed E-state index contributed by atoms with van der Waals surface area (Å²) >= 11 is 0. The fourth-order valence-electron chi connectivity index (χ4n) is 2.53. The number of nitrogens with zero attached hydrogens (tertiary/aromatic N) is 1. The molecular formula is C15H16F6N2O. The van der Waals surface area contributed by atoms with E-state index in [-0.39, 0.29) is 5.69 Å². The van der Waals surface area contributed by atoms with Gasteiger partial charge >= 0.3 is 18.3 Å². The van der Waals surface area contributed by atoms with Gasteiger partial charge in [0.05, 0.1) is 16.9 Å². The van der Waals surface area contributed by atoms with Crippen LogP contribution in [0.1, 0.15) is 25.3 Å². The van der Waals surface area contributed by atoms with Crippen LogP contribution >= 0.6 is 0 Å². The van der Waals surface area contributed by atoms with Crippen LogP contribution in [-0.4, -0.2) is 25.2 Å². The highest BCUT2D eigenvalue weighted by atomic mass is 19.4. The van der Waals surface area contributed by atoms with E-state index >= 15 is 0 Å². The Morgan fingerprint density at radius 1 is 1.12 bits per heavy atom. The molecule has 2 rings (SSSR count). The van der Waals surface area contributed by atoms with Gasteiger partial charge in [0.15, 0.2) is 0 Å². The van der Waals surface area contributed by atoms with E-state index in [0.717, 1.165) is 25.0 Å². The zero-order chi connectivity index (χ0) is 18.1. The van der Waals surface area contributed by atoms with Gasteiger partial charge in [-0.25, -0.2) is 0 Å². The van der Waals surface area contributed by atoms with Crippen molar-refractivity contribution in [2.75, 3.05) is 23.3 Å². The van der Waals surface area contributed by atoms with E-state index in [4.69, 9.17) is 0 Å². The topological polar surface area (TPSA) is 32.3 Å². The molecule has 24 heavy (non-hydrogen) atoms. The van der Waals surface area contributed by atoms with Crippen molar-refractivity contribution < 1.29 is 31.1 Å². The van der Waals surface area contributed by atoms with E-state index < -0.39 is 29.5 Å². The highest BCUT2D eigenvalue weighted by molar-refractivity contribution is 5.98. The number of amides is 1. The molecule has 1 amide bonds. The summed E-state index contributed by atoms with van der Waals surface area (Å²) in [5.74, 6) is -1.86. The Labute approximate surface area is 134 Å². The van der Waals surface area contributed by atoms with Crippen LogP contribution in [0.25, 0.3) is 0 Å². The van der Waals surface area contributed by atoms with Gasteiger partial charge in [-0.2, -0.15) is 26.3 Å². The van der Waals surface area contributed by atoms with Gasteiger partial charge in [0.2, 0.25) is 0 Å². The number of hydrogen-bond donors (Lipinski definition) is 1. The maximum Gasteiger partial charge on any atom is 0.471 e. The summed E-state index contributed by atoms with van der Waals surface area (Å²) in [5, 5.41) is 1.57. The van der Waals surface area contributed by atoms with Crippen LogP contribution in [-0.2, 0) is 11.0 Å². The largest absolute Gasteiger partial charge is 0.471 e. The summed E-state index contributed by atoms with van der Waals surface area (Å²) in [7, 11) is 0. The standard InChI is InChI=1S/C15H16F6N2O/c1-9-4-6-23(7-5-9)12-3-2-10(14(16,17)18)8-11(12)22-13(24)15(19,20)21/h2-3,8-9H,4-7H2,1H3,(H,22,24). The van der Waals surface area contributed by atoms with Crippen molar-refractivity contribution in [1.82, 2.24) is 0 Å². The van der Waals surface area contributed by atoms with Crippen LogP contribution in [0, 0.1) is 5.92 Å². The fraction of sp³-hybridized carbons (Fsp3) is 0.533. The number of carbonyl (C=O) groups excluding carboxylic acids is 1. The third-order valence-electron chi connectivity index (χ3n) is 3.95. The SMILES string of the molecule is CC1CCN(c2ccc(C(F)(F)F)cc2NC(=O)C(F)(F)F)CC1. The number of rotatable bonds is 2. The lowest BCUT2D eigenvalue weighted by molar-refractivity contribution is -0.167. The van der Waals surface area contributed by atoms with Crippen molar-refractivity contribution in [2.24, 2.45) is 5.92 Å². The summed E-state index contributed by atoms with van der Waals surface area (Å²) < 4.78 is 75.8. The van der Waals surface area contributed by atoms with Crippen LogP contribution in [0.15, 0.2) is 18.2 Å². The Bertz CT molecular complexity index is 603. The minimum Gasteiger partial charge on any atom is -0.370 e. The molecule has 0 radical (unpaired) electrons. The van der Waals surface area contributed by atoms with Crippen molar-refractivity contribution in [3.63, 3.8) is 0 Å². The molecule has 9 heteroatoms. The van der Waals surface area contributed by atoms with Crippen molar-refractivity contribution >= 4 is 17.3 Å². The average Bonchev–Trinajstić information content (AvgIpc) is 2.46. The predicted octanol–water partition coefficient (Wildman–Crippen LogP) is 4.44. The first-order valence-electron chi connectivity index (χ1n) is 7.33. The molecule has 0 spiro atoms. The molecular weight excluding hydrogens is 338 g/mol. The number of piperidine rings is 1. The molecule has 134 valence electrons. The summed E-state index contributed by atoms with van der Waals surface area (Å²) in [6, 6.07) is 2.44. The number of carbonyl (C=O) groups is 1. The van der Waals surface area contributed by atoms with Crippen LogP contribution < -0.4 is 10.2 Å². The van der Waals surface area contributed by atoms with E-state index in [1.807, 2.05) is 6.92 Å². The molecule has 0 aliphatic carbocycles. The molecule has 0 unspecified atom stereocenters. The van der Waals surface area contributed by atoms with E-state index in [0.29, 0.717) is 25.1 Å². The van der Waals surface area contributed by atoms with Gasteiger partial charge in [-0.1, -0.05) is 6.92 Å². The molecule has 1 aliphatic rings. The van der Waals surface area contributed by atoms with E-state index in [9.17, 15) is 31.1 Å².